The summed E-state index contributed by atoms with van der Waals surface area (Å²) in [6.45, 7) is 2.06. The number of benzene rings is 1. The predicted molar refractivity (Wildman–Crippen MR) is 81.0 cm³/mol. The number of esters is 1. The van der Waals surface area contributed by atoms with E-state index in [0.29, 0.717) is 11.1 Å². The minimum absolute atomic E-state index is 0.0393. The van der Waals surface area contributed by atoms with Crippen molar-refractivity contribution in [2.24, 2.45) is 0 Å². The smallest absolute Gasteiger partial charge is 0.338 e. The van der Waals surface area contributed by atoms with E-state index in [4.69, 9.17) is 4.74 Å². The average molecular weight is 325 g/mol. The first-order chi connectivity index (χ1) is 9.85. The predicted octanol–water partition coefficient (Wildman–Crippen LogP) is 2.35. The zero-order chi connectivity index (χ0) is 15.5. The van der Waals surface area contributed by atoms with E-state index in [9.17, 15) is 13.2 Å². The Morgan fingerprint density at radius 2 is 1.95 bits per heavy atom. The number of aromatic nitrogens is 1. The maximum atomic E-state index is 11.9. The molecule has 1 aromatic carbocycles. The van der Waals surface area contributed by atoms with Crippen LogP contribution in [0.4, 0.5) is 0 Å². The van der Waals surface area contributed by atoms with E-state index in [1.807, 2.05) is 6.92 Å². The van der Waals surface area contributed by atoms with Gasteiger partial charge in [-0.25, -0.2) is 18.2 Å². The van der Waals surface area contributed by atoms with Crippen molar-refractivity contribution in [3.8, 4) is 0 Å². The lowest BCUT2D eigenvalue weighted by Gasteiger charge is -2.05. The van der Waals surface area contributed by atoms with E-state index in [1.165, 1.54) is 17.6 Å². The highest BCUT2D eigenvalue weighted by Crippen LogP contribution is 2.15. The fourth-order valence-electron chi connectivity index (χ4n) is 1.72. The van der Waals surface area contributed by atoms with Crippen LogP contribution in [-0.4, -0.2) is 25.6 Å². The van der Waals surface area contributed by atoms with Crippen LogP contribution in [0.5, 0.6) is 0 Å². The Balaban J connectivity index is 1.98. The zero-order valence-electron chi connectivity index (χ0n) is 11.7. The molecule has 1 aromatic heterocycles. The van der Waals surface area contributed by atoms with Crippen LogP contribution in [0.2, 0.25) is 0 Å². The van der Waals surface area contributed by atoms with E-state index in [2.05, 4.69) is 4.98 Å². The number of aryl methyl sites for hydroxylation is 1. The lowest BCUT2D eigenvalue weighted by atomic mass is 10.1. The standard InChI is InChI=1S/C14H15NO4S2/c1-10-13(20-9-15-10)7-19-14(16)12-5-3-11(4-6-12)8-21(2,17)18/h3-6,9H,7-8H2,1-2H3. The first-order valence-corrected chi connectivity index (χ1v) is 9.12. The molecule has 21 heavy (non-hydrogen) atoms. The molecule has 0 aliphatic rings. The Hall–Kier alpha value is -1.73. The van der Waals surface area contributed by atoms with Crippen LogP contribution in [0.1, 0.15) is 26.5 Å². The number of thiazole rings is 1. The van der Waals surface area contributed by atoms with E-state index >= 15 is 0 Å². The van der Waals surface area contributed by atoms with Gasteiger partial charge in [-0.05, 0) is 24.6 Å². The van der Waals surface area contributed by atoms with Gasteiger partial charge in [-0.15, -0.1) is 11.3 Å². The fourth-order valence-corrected chi connectivity index (χ4v) is 3.21. The highest BCUT2D eigenvalue weighted by atomic mass is 32.2. The van der Waals surface area contributed by atoms with Crippen LogP contribution < -0.4 is 0 Å². The number of carbonyl (C=O) groups is 1. The van der Waals surface area contributed by atoms with Gasteiger partial charge in [0, 0.05) is 6.26 Å². The minimum atomic E-state index is -3.08. The quantitative estimate of drug-likeness (QED) is 0.789. The summed E-state index contributed by atoms with van der Waals surface area (Å²) in [5.41, 5.74) is 3.61. The molecule has 0 saturated carbocycles. The molecule has 1 heterocycles. The van der Waals surface area contributed by atoms with Gasteiger partial charge in [-0.1, -0.05) is 12.1 Å². The molecule has 0 saturated heterocycles. The first-order valence-electron chi connectivity index (χ1n) is 6.18. The summed E-state index contributed by atoms with van der Waals surface area (Å²) >= 11 is 1.44. The molecule has 0 radical (unpaired) electrons. The largest absolute Gasteiger partial charge is 0.456 e. The van der Waals surface area contributed by atoms with Crippen LogP contribution in [0, 0.1) is 6.92 Å². The summed E-state index contributed by atoms with van der Waals surface area (Å²) in [6.07, 6.45) is 1.17. The van der Waals surface area contributed by atoms with Crippen molar-refractivity contribution in [3.05, 3.63) is 51.5 Å². The first kappa shape index (κ1) is 15.7. The Labute approximate surface area is 127 Å². The second kappa shape index (κ2) is 6.36. The van der Waals surface area contributed by atoms with Gasteiger partial charge in [-0.2, -0.15) is 0 Å². The Morgan fingerprint density at radius 3 is 2.48 bits per heavy atom. The van der Waals surface area contributed by atoms with Crippen LogP contribution in [-0.2, 0) is 26.9 Å². The molecule has 0 atom stereocenters. The highest BCUT2D eigenvalue weighted by molar-refractivity contribution is 7.89. The van der Waals surface area contributed by atoms with Crippen molar-refractivity contribution >= 4 is 27.1 Å². The summed E-state index contributed by atoms with van der Waals surface area (Å²) in [5.74, 6) is -0.476. The third-order valence-electron chi connectivity index (χ3n) is 2.80. The number of nitrogens with zero attached hydrogens (tertiary/aromatic N) is 1. The molecule has 0 amide bonds. The maximum Gasteiger partial charge on any atom is 0.338 e. The summed E-state index contributed by atoms with van der Waals surface area (Å²) in [7, 11) is -3.08. The van der Waals surface area contributed by atoms with Gasteiger partial charge in [0.05, 0.1) is 27.4 Å². The number of ether oxygens (including phenoxy) is 1. The number of rotatable bonds is 5. The Morgan fingerprint density at radius 1 is 1.29 bits per heavy atom. The third kappa shape index (κ3) is 4.64. The second-order valence-electron chi connectivity index (χ2n) is 4.70. The molecule has 5 nitrogen and oxygen atoms in total. The molecular weight excluding hydrogens is 310 g/mol. The lowest BCUT2D eigenvalue weighted by molar-refractivity contribution is 0.0476. The van der Waals surface area contributed by atoms with Gasteiger partial charge in [0.1, 0.15) is 6.61 Å². The summed E-state index contributed by atoms with van der Waals surface area (Å²) in [4.78, 5) is 16.9. The van der Waals surface area contributed by atoms with Gasteiger partial charge in [0.25, 0.3) is 0 Å². The lowest BCUT2D eigenvalue weighted by Crippen LogP contribution is -2.06. The molecule has 0 N–H and O–H groups in total. The molecule has 0 aliphatic heterocycles. The molecule has 0 bridgehead atoms. The summed E-state index contributed by atoms with van der Waals surface area (Å²) < 4.78 is 27.6. The normalized spacial score (nSPS) is 11.3. The van der Waals surface area contributed by atoms with Crippen molar-refractivity contribution in [1.82, 2.24) is 4.98 Å². The molecule has 2 rings (SSSR count). The molecule has 2 aromatic rings. The van der Waals surface area contributed by atoms with Crippen molar-refractivity contribution in [3.63, 3.8) is 0 Å². The van der Waals surface area contributed by atoms with Crippen LogP contribution >= 0.6 is 11.3 Å². The molecule has 0 aliphatic carbocycles. The van der Waals surface area contributed by atoms with Gasteiger partial charge >= 0.3 is 5.97 Å². The van der Waals surface area contributed by atoms with E-state index < -0.39 is 15.8 Å². The maximum absolute atomic E-state index is 11.9. The zero-order valence-corrected chi connectivity index (χ0v) is 13.3. The highest BCUT2D eigenvalue weighted by Gasteiger charge is 2.10. The Kier molecular flexibility index (Phi) is 4.74. The van der Waals surface area contributed by atoms with Gasteiger partial charge in [-0.3, -0.25) is 0 Å². The molecule has 7 heteroatoms. The second-order valence-corrected chi connectivity index (χ2v) is 7.78. The fraction of sp³-hybridized carbons (Fsp3) is 0.286. The number of sulfone groups is 1. The average Bonchev–Trinajstić information content (AvgIpc) is 2.80. The molecule has 0 unspecified atom stereocenters. The summed E-state index contributed by atoms with van der Waals surface area (Å²) in [5, 5.41) is 0. The van der Waals surface area contributed by atoms with Crippen molar-refractivity contribution in [1.29, 1.82) is 0 Å². The third-order valence-corrected chi connectivity index (χ3v) is 4.56. The summed E-state index contributed by atoms with van der Waals surface area (Å²) in [6, 6.07) is 6.38. The van der Waals surface area contributed by atoms with Crippen molar-refractivity contribution in [2.45, 2.75) is 19.3 Å². The van der Waals surface area contributed by atoms with Crippen LogP contribution in [0.25, 0.3) is 0 Å². The molecular formula is C14H15NO4S2. The monoisotopic (exact) mass is 325 g/mol. The SMILES string of the molecule is Cc1ncsc1COC(=O)c1ccc(CS(C)(=O)=O)cc1. The van der Waals surface area contributed by atoms with Crippen molar-refractivity contribution in [2.75, 3.05) is 6.26 Å². The molecule has 0 spiro atoms. The van der Waals surface area contributed by atoms with Gasteiger partial charge in [0.15, 0.2) is 9.84 Å². The van der Waals surface area contributed by atoms with E-state index in [-0.39, 0.29) is 12.4 Å². The van der Waals surface area contributed by atoms with E-state index in [1.54, 1.807) is 29.8 Å². The number of carbonyl (C=O) groups excluding carboxylic acids is 1. The van der Waals surface area contributed by atoms with Gasteiger partial charge < -0.3 is 4.74 Å². The minimum Gasteiger partial charge on any atom is -0.456 e. The van der Waals surface area contributed by atoms with Crippen molar-refractivity contribution < 1.29 is 17.9 Å². The van der Waals surface area contributed by atoms with Crippen LogP contribution in [0.3, 0.4) is 0 Å². The topological polar surface area (TPSA) is 73.3 Å². The number of hydrogen-bond acceptors (Lipinski definition) is 6. The molecule has 112 valence electrons. The van der Waals surface area contributed by atoms with E-state index in [0.717, 1.165) is 10.6 Å². The van der Waals surface area contributed by atoms with Gasteiger partial charge in [0.2, 0.25) is 0 Å². The number of hydrogen-bond donors (Lipinski definition) is 0. The molecule has 0 fully saturated rings. The van der Waals surface area contributed by atoms with Crippen LogP contribution in [0.15, 0.2) is 29.8 Å². The Bertz CT molecular complexity index is 733.